The molecule has 2 aromatic rings. The van der Waals surface area contributed by atoms with Gasteiger partial charge in [-0.15, -0.1) is 0 Å². The van der Waals surface area contributed by atoms with Gasteiger partial charge in [-0.25, -0.2) is 0 Å². The summed E-state index contributed by atoms with van der Waals surface area (Å²) in [5, 5.41) is 13.0. The van der Waals surface area contributed by atoms with Crippen molar-refractivity contribution in [2.75, 3.05) is 19.8 Å². The van der Waals surface area contributed by atoms with Crippen LogP contribution < -0.4 is 14.8 Å². The number of rotatable bonds is 4. The van der Waals surface area contributed by atoms with E-state index in [-0.39, 0.29) is 12.5 Å². The Labute approximate surface area is 134 Å². The van der Waals surface area contributed by atoms with Crippen LogP contribution in [-0.2, 0) is 0 Å². The molecule has 2 N–H and O–H groups in total. The number of aryl methyl sites for hydroxylation is 1. The van der Waals surface area contributed by atoms with Crippen LogP contribution in [0.25, 0.3) is 0 Å². The Kier molecular flexibility index (Phi) is 4.48. The molecule has 5 nitrogen and oxygen atoms in total. The van der Waals surface area contributed by atoms with Crippen molar-refractivity contribution >= 4 is 5.91 Å². The summed E-state index contributed by atoms with van der Waals surface area (Å²) in [6.45, 7) is 2.96. The molecule has 1 aliphatic heterocycles. The first-order valence-electron chi connectivity index (χ1n) is 7.57. The molecular formula is C18H19NO4. The summed E-state index contributed by atoms with van der Waals surface area (Å²) in [7, 11) is 0. The molecule has 120 valence electrons. The SMILES string of the molecule is Cc1ccccc1[C@H](O)CNC(=O)c1cccc2c1OCCO2. The maximum atomic E-state index is 12.4. The quantitative estimate of drug-likeness (QED) is 0.908. The molecular weight excluding hydrogens is 294 g/mol. The maximum Gasteiger partial charge on any atom is 0.255 e. The van der Waals surface area contributed by atoms with E-state index in [0.717, 1.165) is 11.1 Å². The minimum atomic E-state index is -0.753. The molecule has 1 atom stereocenters. The van der Waals surface area contributed by atoms with Gasteiger partial charge in [0.05, 0.1) is 11.7 Å². The minimum absolute atomic E-state index is 0.133. The lowest BCUT2D eigenvalue weighted by Gasteiger charge is -2.21. The van der Waals surface area contributed by atoms with E-state index in [2.05, 4.69) is 5.32 Å². The highest BCUT2D eigenvalue weighted by Crippen LogP contribution is 2.33. The fourth-order valence-corrected chi connectivity index (χ4v) is 2.61. The van der Waals surface area contributed by atoms with Gasteiger partial charge in [-0.05, 0) is 30.2 Å². The summed E-state index contributed by atoms with van der Waals surface area (Å²) >= 11 is 0. The van der Waals surface area contributed by atoms with E-state index in [1.807, 2.05) is 31.2 Å². The first-order valence-corrected chi connectivity index (χ1v) is 7.57. The van der Waals surface area contributed by atoms with E-state index in [1.54, 1.807) is 18.2 Å². The van der Waals surface area contributed by atoms with Gasteiger partial charge in [0, 0.05) is 6.54 Å². The van der Waals surface area contributed by atoms with Crippen LogP contribution in [-0.4, -0.2) is 30.8 Å². The number of nitrogens with one attached hydrogen (secondary N) is 1. The third-order valence-electron chi connectivity index (χ3n) is 3.81. The Morgan fingerprint density at radius 2 is 1.96 bits per heavy atom. The molecule has 2 aromatic carbocycles. The molecule has 0 saturated carbocycles. The highest BCUT2D eigenvalue weighted by molar-refractivity contribution is 5.97. The topological polar surface area (TPSA) is 67.8 Å². The molecule has 5 heteroatoms. The van der Waals surface area contributed by atoms with Gasteiger partial charge in [0.1, 0.15) is 13.2 Å². The zero-order chi connectivity index (χ0) is 16.2. The predicted octanol–water partition coefficient (Wildman–Crippen LogP) is 2.23. The first-order chi connectivity index (χ1) is 11.2. The van der Waals surface area contributed by atoms with E-state index in [0.29, 0.717) is 30.3 Å². The van der Waals surface area contributed by atoms with Crippen molar-refractivity contribution in [3.05, 3.63) is 59.2 Å². The Morgan fingerprint density at radius 1 is 1.17 bits per heavy atom. The molecule has 0 fully saturated rings. The Bertz CT molecular complexity index is 714. The molecule has 0 bridgehead atoms. The van der Waals surface area contributed by atoms with Gasteiger partial charge >= 0.3 is 0 Å². The number of ether oxygens (including phenoxy) is 2. The highest BCUT2D eigenvalue weighted by Gasteiger charge is 2.21. The summed E-state index contributed by atoms with van der Waals surface area (Å²) in [6.07, 6.45) is -0.753. The summed E-state index contributed by atoms with van der Waals surface area (Å²) in [5.41, 5.74) is 2.21. The van der Waals surface area contributed by atoms with Gasteiger partial charge in [0.15, 0.2) is 11.5 Å². The average molecular weight is 313 g/mol. The Hall–Kier alpha value is -2.53. The normalized spacial score (nSPS) is 14.2. The highest BCUT2D eigenvalue weighted by atomic mass is 16.6. The lowest BCUT2D eigenvalue weighted by atomic mass is 10.0. The van der Waals surface area contributed by atoms with E-state index >= 15 is 0 Å². The van der Waals surface area contributed by atoms with Crippen molar-refractivity contribution in [3.63, 3.8) is 0 Å². The number of benzene rings is 2. The summed E-state index contributed by atoms with van der Waals surface area (Å²) in [5.74, 6) is 0.741. The van der Waals surface area contributed by atoms with Crippen molar-refractivity contribution in [3.8, 4) is 11.5 Å². The largest absolute Gasteiger partial charge is 0.486 e. The number of fused-ring (bicyclic) bond motifs is 1. The molecule has 3 rings (SSSR count). The number of carbonyl (C=O) groups excluding carboxylic acids is 1. The van der Waals surface area contributed by atoms with Crippen LogP contribution in [0.3, 0.4) is 0 Å². The summed E-state index contributed by atoms with van der Waals surface area (Å²) in [4.78, 5) is 12.4. The number of para-hydroxylation sites is 1. The lowest BCUT2D eigenvalue weighted by Crippen LogP contribution is -2.29. The number of aliphatic hydroxyl groups excluding tert-OH is 1. The number of carbonyl (C=O) groups is 1. The number of hydrogen-bond acceptors (Lipinski definition) is 4. The molecule has 23 heavy (non-hydrogen) atoms. The number of amides is 1. The minimum Gasteiger partial charge on any atom is -0.486 e. The molecule has 0 unspecified atom stereocenters. The summed E-state index contributed by atoms with van der Waals surface area (Å²) < 4.78 is 11.0. The van der Waals surface area contributed by atoms with Crippen LogP contribution in [0.15, 0.2) is 42.5 Å². The van der Waals surface area contributed by atoms with Crippen molar-refractivity contribution < 1.29 is 19.4 Å². The molecule has 0 aromatic heterocycles. The standard InChI is InChI=1S/C18H19NO4/c1-12-5-2-3-6-13(12)15(20)11-19-18(21)14-7-4-8-16-17(14)23-10-9-22-16/h2-8,15,20H,9-11H2,1H3,(H,19,21)/t15-/m1/s1. The number of hydrogen-bond donors (Lipinski definition) is 2. The summed E-state index contributed by atoms with van der Waals surface area (Å²) in [6, 6.07) is 12.8. The Morgan fingerprint density at radius 3 is 2.78 bits per heavy atom. The molecule has 1 aliphatic rings. The van der Waals surface area contributed by atoms with Crippen LogP contribution in [0.4, 0.5) is 0 Å². The van der Waals surface area contributed by atoms with E-state index in [9.17, 15) is 9.90 Å². The van der Waals surface area contributed by atoms with Gasteiger partial charge in [0.2, 0.25) is 0 Å². The van der Waals surface area contributed by atoms with Gasteiger partial charge in [-0.1, -0.05) is 30.3 Å². The fraction of sp³-hybridized carbons (Fsp3) is 0.278. The van der Waals surface area contributed by atoms with Crippen LogP contribution in [0.5, 0.6) is 11.5 Å². The molecule has 0 radical (unpaired) electrons. The second-order valence-corrected chi connectivity index (χ2v) is 5.41. The monoisotopic (exact) mass is 313 g/mol. The average Bonchev–Trinajstić information content (AvgIpc) is 2.59. The van der Waals surface area contributed by atoms with Crippen molar-refractivity contribution in [1.82, 2.24) is 5.32 Å². The Balaban J connectivity index is 1.70. The predicted molar refractivity (Wildman–Crippen MR) is 85.9 cm³/mol. The zero-order valence-electron chi connectivity index (χ0n) is 12.9. The van der Waals surface area contributed by atoms with Gasteiger partial charge in [0.25, 0.3) is 5.91 Å². The molecule has 1 heterocycles. The number of aliphatic hydroxyl groups is 1. The first kappa shape index (κ1) is 15.4. The van der Waals surface area contributed by atoms with E-state index in [1.165, 1.54) is 0 Å². The molecule has 0 aliphatic carbocycles. The van der Waals surface area contributed by atoms with Crippen LogP contribution in [0.2, 0.25) is 0 Å². The van der Waals surface area contributed by atoms with E-state index in [4.69, 9.17) is 9.47 Å². The van der Waals surface area contributed by atoms with Crippen LogP contribution in [0, 0.1) is 6.92 Å². The van der Waals surface area contributed by atoms with Crippen molar-refractivity contribution in [2.45, 2.75) is 13.0 Å². The van der Waals surface area contributed by atoms with Crippen molar-refractivity contribution in [2.24, 2.45) is 0 Å². The lowest BCUT2D eigenvalue weighted by molar-refractivity contribution is 0.0905. The molecule has 0 saturated heterocycles. The fourth-order valence-electron chi connectivity index (χ4n) is 2.61. The molecule has 0 spiro atoms. The smallest absolute Gasteiger partial charge is 0.255 e. The third kappa shape index (κ3) is 3.29. The van der Waals surface area contributed by atoms with Gasteiger partial charge in [-0.3, -0.25) is 4.79 Å². The second-order valence-electron chi connectivity index (χ2n) is 5.41. The van der Waals surface area contributed by atoms with Crippen molar-refractivity contribution in [1.29, 1.82) is 0 Å². The van der Waals surface area contributed by atoms with E-state index < -0.39 is 6.10 Å². The zero-order valence-corrected chi connectivity index (χ0v) is 12.9. The van der Waals surface area contributed by atoms with Gasteiger partial charge in [-0.2, -0.15) is 0 Å². The third-order valence-corrected chi connectivity index (χ3v) is 3.81. The maximum absolute atomic E-state index is 12.4. The van der Waals surface area contributed by atoms with Crippen LogP contribution in [0.1, 0.15) is 27.6 Å². The second kappa shape index (κ2) is 6.71. The van der Waals surface area contributed by atoms with Gasteiger partial charge < -0.3 is 19.9 Å². The molecule has 1 amide bonds. The van der Waals surface area contributed by atoms with Crippen LogP contribution >= 0.6 is 0 Å².